The molecule has 3 heteroatoms. The zero-order chi connectivity index (χ0) is 11.1. The first kappa shape index (κ1) is 12.9. The summed E-state index contributed by atoms with van der Waals surface area (Å²) >= 11 is 0. The molecule has 0 bridgehead atoms. The Kier molecular flexibility index (Phi) is 6.22. The fraction of sp³-hybridized carbons (Fsp3) is 1.00. The number of nitrogens with one attached hydrogen (secondary N) is 1. The minimum Gasteiger partial charge on any atom is -0.328 e. The van der Waals surface area contributed by atoms with Crippen LogP contribution in [0.15, 0.2) is 0 Å². The third kappa shape index (κ3) is 4.96. The summed E-state index contributed by atoms with van der Waals surface area (Å²) in [5.74, 6) is 0. The van der Waals surface area contributed by atoms with E-state index in [-0.39, 0.29) is 0 Å². The normalized spacial score (nSPS) is 27.2. The van der Waals surface area contributed by atoms with Crippen LogP contribution < -0.4 is 11.1 Å². The van der Waals surface area contributed by atoms with Crippen molar-refractivity contribution in [3.63, 3.8) is 0 Å². The molecule has 3 nitrogen and oxygen atoms in total. The molecule has 0 aliphatic heterocycles. The number of likely N-dealkylation sites (N-methyl/N-ethyl adjacent to an activating group) is 1. The van der Waals surface area contributed by atoms with Crippen LogP contribution in [0.1, 0.15) is 39.5 Å². The molecule has 1 aliphatic carbocycles. The Balaban J connectivity index is 2.08. The van der Waals surface area contributed by atoms with Gasteiger partial charge in [0, 0.05) is 25.2 Å². The highest BCUT2D eigenvalue weighted by atomic mass is 15.1. The van der Waals surface area contributed by atoms with E-state index in [0.717, 1.165) is 26.1 Å². The fourth-order valence-corrected chi connectivity index (χ4v) is 2.38. The molecule has 2 unspecified atom stereocenters. The molecule has 1 rings (SSSR count). The third-order valence-corrected chi connectivity index (χ3v) is 3.47. The molecule has 15 heavy (non-hydrogen) atoms. The molecular formula is C12H27N3. The molecule has 0 amide bonds. The van der Waals surface area contributed by atoms with E-state index in [0.29, 0.717) is 12.1 Å². The Hall–Kier alpha value is -0.120. The second-order valence-electron chi connectivity index (χ2n) is 4.60. The standard InChI is InChI=1S/C12H27N3/c1-3-15(4-2)9-8-14-12-7-5-6-11(13)10-12/h11-12,14H,3-10,13H2,1-2H3. The number of rotatable bonds is 6. The molecule has 1 fully saturated rings. The van der Waals surface area contributed by atoms with Gasteiger partial charge in [-0.1, -0.05) is 20.3 Å². The lowest BCUT2D eigenvalue weighted by Crippen LogP contribution is -2.42. The SMILES string of the molecule is CCN(CC)CCNC1CCCC(N)C1. The monoisotopic (exact) mass is 213 g/mol. The highest BCUT2D eigenvalue weighted by Crippen LogP contribution is 2.16. The van der Waals surface area contributed by atoms with Crippen molar-refractivity contribution in [1.82, 2.24) is 10.2 Å². The molecule has 0 spiro atoms. The molecule has 0 heterocycles. The van der Waals surface area contributed by atoms with Crippen molar-refractivity contribution in [3.8, 4) is 0 Å². The van der Waals surface area contributed by atoms with Crippen LogP contribution in [0.3, 0.4) is 0 Å². The summed E-state index contributed by atoms with van der Waals surface area (Å²) in [6, 6.07) is 1.11. The van der Waals surface area contributed by atoms with Crippen LogP contribution in [0, 0.1) is 0 Å². The molecule has 1 aliphatic rings. The van der Waals surface area contributed by atoms with E-state index in [1.165, 1.54) is 25.8 Å². The van der Waals surface area contributed by atoms with E-state index in [2.05, 4.69) is 24.1 Å². The first-order chi connectivity index (χ1) is 7.26. The van der Waals surface area contributed by atoms with Crippen LogP contribution in [0.25, 0.3) is 0 Å². The average Bonchev–Trinajstić information content (AvgIpc) is 2.25. The van der Waals surface area contributed by atoms with E-state index in [4.69, 9.17) is 5.73 Å². The molecule has 0 radical (unpaired) electrons. The van der Waals surface area contributed by atoms with Crippen molar-refractivity contribution in [2.24, 2.45) is 5.73 Å². The maximum absolute atomic E-state index is 5.96. The molecule has 90 valence electrons. The number of hydrogen-bond acceptors (Lipinski definition) is 3. The van der Waals surface area contributed by atoms with Crippen molar-refractivity contribution in [3.05, 3.63) is 0 Å². The third-order valence-electron chi connectivity index (χ3n) is 3.47. The summed E-state index contributed by atoms with van der Waals surface area (Å²) in [5.41, 5.74) is 5.96. The Morgan fingerprint density at radius 1 is 1.27 bits per heavy atom. The van der Waals surface area contributed by atoms with Crippen LogP contribution in [-0.4, -0.2) is 43.2 Å². The average molecular weight is 213 g/mol. The summed E-state index contributed by atoms with van der Waals surface area (Å²) in [6.07, 6.45) is 4.99. The maximum Gasteiger partial charge on any atom is 0.0107 e. The van der Waals surface area contributed by atoms with Crippen LogP contribution >= 0.6 is 0 Å². The highest BCUT2D eigenvalue weighted by Gasteiger charge is 2.18. The lowest BCUT2D eigenvalue weighted by atomic mass is 9.92. The second-order valence-corrected chi connectivity index (χ2v) is 4.60. The summed E-state index contributed by atoms with van der Waals surface area (Å²) in [7, 11) is 0. The molecular weight excluding hydrogens is 186 g/mol. The molecule has 2 atom stereocenters. The van der Waals surface area contributed by atoms with E-state index in [1.54, 1.807) is 0 Å². The minimum absolute atomic E-state index is 0.435. The summed E-state index contributed by atoms with van der Waals surface area (Å²) in [4.78, 5) is 2.45. The smallest absolute Gasteiger partial charge is 0.0107 e. The van der Waals surface area contributed by atoms with Gasteiger partial charge in [-0.3, -0.25) is 0 Å². The van der Waals surface area contributed by atoms with E-state index >= 15 is 0 Å². The van der Waals surface area contributed by atoms with Crippen molar-refractivity contribution in [1.29, 1.82) is 0 Å². The quantitative estimate of drug-likeness (QED) is 0.696. The maximum atomic E-state index is 5.96. The zero-order valence-electron chi connectivity index (χ0n) is 10.3. The lowest BCUT2D eigenvalue weighted by Gasteiger charge is -2.28. The first-order valence-corrected chi connectivity index (χ1v) is 6.47. The van der Waals surface area contributed by atoms with Gasteiger partial charge in [0.1, 0.15) is 0 Å². The van der Waals surface area contributed by atoms with Gasteiger partial charge in [-0.05, 0) is 32.4 Å². The van der Waals surface area contributed by atoms with Crippen molar-refractivity contribution < 1.29 is 0 Å². The molecule has 1 saturated carbocycles. The molecule has 3 N–H and O–H groups in total. The summed E-state index contributed by atoms with van der Waals surface area (Å²) < 4.78 is 0. The topological polar surface area (TPSA) is 41.3 Å². The van der Waals surface area contributed by atoms with Crippen molar-refractivity contribution >= 4 is 0 Å². The molecule has 0 aromatic rings. The Morgan fingerprint density at radius 2 is 2.00 bits per heavy atom. The van der Waals surface area contributed by atoms with Crippen LogP contribution in [-0.2, 0) is 0 Å². The predicted molar refractivity (Wildman–Crippen MR) is 66.0 cm³/mol. The van der Waals surface area contributed by atoms with Gasteiger partial charge in [-0.25, -0.2) is 0 Å². The zero-order valence-corrected chi connectivity index (χ0v) is 10.3. The Bertz CT molecular complexity index is 157. The second kappa shape index (κ2) is 7.20. The number of nitrogens with two attached hydrogens (primary N) is 1. The summed E-state index contributed by atoms with van der Waals surface area (Å²) in [5, 5.41) is 3.63. The number of nitrogens with zero attached hydrogens (tertiary/aromatic N) is 1. The molecule has 0 aromatic heterocycles. The van der Waals surface area contributed by atoms with Gasteiger partial charge in [0.2, 0.25) is 0 Å². The van der Waals surface area contributed by atoms with Gasteiger partial charge in [-0.15, -0.1) is 0 Å². The van der Waals surface area contributed by atoms with Crippen molar-refractivity contribution in [2.45, 2.75) is 51.6 Å². The largest absolute Gasteiger partial charge is 0.328 e. The van der Waals surface area contributed by atoms with Gasteiger partial charge >= 0.3 is 0 Å². The predicted octanol–water partition coefficient (Wildman–Crippen LogP) is 1.19. The van der Waals surface area contributed by atoms with Gasteiger partial charge in [0.25, 0.3) is 0 Å². The van der Waals surface area contributed by atoms with Gasteiger partial charge in [0.15, 0.2) is 0 Å². The lowest BCUT2D eigenvalue weighted by molar-refractivity contribution is 0.278. The van der Waals surface area contributed by atoms with Crippen molar-refractivity contribution in [2.75, 3.05) is 26.2 Å². The van der Waals surface area contributed by atoms with Gasteiger partial charge in [0.05, 0.1) is 0 Å². The molecule has 0 saturated heterocycles. The van der Waals surface area contributed by atoms with Crippen LogP contribution in [0.2, 0.25) is 0 Å². The van der Waals surface area contributed by atoms with Crippen LogP contribution in [0.4, 0.5) is 0 Å². The van der Waals surface area contributed by atoms with Gasteiger partial charge < -0.3 is 16.0 Å². The summed E-state index contributed by atoms with van der Waals surface area (Å²) in [6.45, 7) is 9.03. The molecule has 0 aromatic carbocycles. The fourth-order valence-electron chi connectivity index (χ4n) is 2.38. The minimum atomic E-state index is 0.435. The van der Waals surface area contributed by atoms with E-state index < -0.39 is 0 Å². The van der Waals surface area contributed by atoms with Crippen LogP contribution in [0.5, 0.6) is 0 Å². The van der Waals surface area contributed by atoms with E-state index in [1.807, 2.05) is 0 Å². The highest BCUT2D eigenvalue weighted by molar-refractivity contribution is 4.79. The van der Waals surface area contributed by atoms with Gasteiger partial charge in [-0.2, -0.15) is 0 Å². The number of hydrogen-bond donors (Lipinski definition) is 2. The first-order valence-electron chi connectivity index (χ1n) is 6.47. The Labute approximate surface area is 94.4 Å². The Morgan fingerprint density at radius 3 is 2.60 bits per heavy atom. The van der Waals surface area contributed by atoms with E-state index in [9.17, 15) is 0 Å².